The number of nitrogens with zero attached hydrogens (tertiary/aromatic N) is 2. The molecule has 0 aromatic carbocycles. The Balaban J connectivity index is 0.000000659. The number of rotatable bonds is 2. The Kier molecular flexibility index (Phi) is 8.20. The van der Waals surface area contributed by atoms with Gasteiger partial charge in [-0.05, 0) is 19.9 Å². The van der Waals surface area contributed by atoms with Gasteiger partial charge in [0.25, 0.3) is 5.91 Å². The first kappa shape index (κ1) is 17.4. The number of amides is 1. The lowest BCUT2D eigenvalue weighted by atomic mass is 10.2. The molecule has 0 aromatic heterocycles. The fourth-order valence-corrected chi connectivity index (χ4v) is 1.92. The number of carbonyl (C=O) groups excluding carboxylic acids is 1. The molecule has 1 aliphatic heterocycles. The summed E-state index contributed by atoms with van der Waals surface area (Å²) in [6.45, 7) is 11.7. The van der Waals surface area contributed by atoms with Gasteiger partial charge < -0.3 is 14.5 Å². The van der Waals surface area contributed by atoms with E-state index in [2.05, 4.69) is 11.9 Å². The quantitative estimate of drug-likeness (QED) is 0.759. The van der Waals surface area contributed by atoms with Crippen LogP contribution in [0.25, 0.3) is 0 Å². The van der Waals surface area contributed by atoms with Crippen molar-refractivity contribution in [3.05, 3.63) is 0 Å². The second-order valence-electron chi connectivity index (χ2n) is 4.29. The maximum Gasteiger partial charge on any atom is 0.254 e. The molecule has 1 heterocycles. The lowest BCUT2D eigenvalue weighted by Gasteiger charge is -2.34. The van der Waals surface area contributed by atoms with Crippen LogP contribution in [0.2, 0.25) is 0 Å². The zero-order valence-electron chi connectivity index (χ0n) is 13.0. The maximum absolute atomic E-state index is 12.0. The van der Waals surface area contributed by atoms with E-state index >= 15 is 0 Å². The Labute approximate surface area is 112 Å². The molecule has 0 aromatic rings. The molecule has 2 aliphatic rings. The average Bonchev–Trinajstić information content (AvgIpc) is 3.24. The van der Waals surface area contributed by atoms with Crippen molar-refractivity contribution in [3.63, 3.8) is 0 Å². The summed E-state index contributed by atoms with van der Waals surface area (Å²) in [4.78, 5) is 16.2. The third-order valence-corrected chi connectivity index (χ3v) is 3.28. The van der Waals surface area contributed by atoms with Crippen molar-refractivity contribution in [2.24, 2.45) is 0 Å². The Morgan fingerprint density at radius 3 is 1.78 bits per heavy atom. The number of carbonyl (C=O) groups is 1. The first-order valence-corrected chi connectivity index (χ1v) is 7.21. The molecule has 0 N–H and O–H groups in total. The Morgan fingerprint density at radius 2 is 1.44 bits per heavy atom. The number of ether oxygens (including phenoxy) is 1. The second-order valence-corrected chi connectivity index (χ2v) is 4.29. The van der Waals surface area contributed by atoms with Crippen LogP contribution in [0.3, 0.4) is 0 Å². The Hall–Kier alpha value is -0.610. The predicted octanol–water partition coefficient (Wildman–Crippen LogP) is 1.99. The van der Waals surface area contributed by atoms with Crippen LogP contribution in [0.15, 0.2) is 0 Å². The summed E-state index contributed by atoms with van der Waals surface area (Å²) in [5, 5.41) is 0. The molecule has 0 atom stereocenters. The van der Waals surface area contributed by atoms with Crippen LogP contribution in [-0.4, -0.2) is 61.6 Å². The summed E-state index contributed by atoms with van der Waals surface area (Å²) < 4.78 is 5.29. The summed E-state index contributed by atoms with van der Waals surface area (Å²) in [5.74, 6) is 0.202. The molecule has 1 saturated carbocycles. The van der Waals surface area contributed by atoms with Gasteiger partial charge in [-0.1, -0.05) is 27.7 Å². The summed E-state index contributed by atoms with van der Waals surface area (Å²) in [6, 6.07) is 0. The van der Waals surface area contributed by atoms with E-state index in [9.17, 15) is 4.79 Å². The Bertz CT molecular complexity index is 232. The minimum absolute atomic E-state index is 0.202. The average molecular weight is 258 g/mol. The van der Waals surface area contributed by atoms with E-state index in [-0.39, 0.29) is 5.91 Å². The SMILES string of the molecule is CC.CC.COC1(C(=O)N2CCN(C)CC2)CC1. The molecule has 0 radical (unpaired) electrons. The van der Waals surface area contributed by atoms with E-state index in [0.29, 0.717) is 0 Å². The fourth-order valence-electron chi connectivity index (χ4n) is 1.92. The van der Waals surface area contributed by atoms with Crippen molar-refractivity contribution in [2.75, 3.05) is 40.3 Å². The van der Waals surface area contributed by atoms with Gasteiger partial charge in [0, 0.05) is 33.3 Å². The molecule has 4 nitrogen and oxygen atoms in total. The number of likely N-dealkylation sites (N-methyl/N-ethyl adjacent to an activating group) is 1. The van der Waals surface area contributed by atoms with Crippen LogP contribution in [0.4, 0.5) is 0 Å². The van der Waals surface area contributed by atoms with Gasteiger partial charge in [0.1, 0.15) is 5.60 Å². The highest BCUT2D eigenvalue weighted by atomic mass is 16.5. The van der Waals surface area contributed by atoms with Crippen molar-refractivity contribution in [2.45, 2.75) is 46.1 Å². The van der Waals surface area contributed by atoms with Gasteiger partial charge in [-0.2, -0.15) is 0 Å². The highest BCUT2D eigenvalue weighted by Crippen LogP contribution is 2.40. The summed E-state index contributed by atoms with van der Waals surface area (Å²) in [7, 11) is 3.73. The molecular weight excluding hydrogens is 228 g/mol. The van der Waals surface area contributed by atoms with E-state index < -0.39 is 5.60 Å². The normalized spacial score (nSPS) is 21.1. The van der Waals surface area contributed by atoms with E-state index in [4.69, 9.17) is 4.74 Å². The van der Waals surface area contributed by atoms with E-state index in [1.54, 1.807) is 7.11 Å². The summed E-state index contributed by atoms with van der Waals surface area (Å²) in [5.41, 5.74) is -0.435. The van der Waals surface area contributed by atoms with Crippen LogP contribution in [-0.2, 0) is 9.53 Å². The first-order valence-electron chi connectivity index (χ1n) is 7.21. The molecule has 1 aliphatic carbocycles. The second kappa shape index (κ2) is 8.48. The van der Waals surface area contributed by atoms with Crippen molar-refractivity contribution in [1.29, 1.82) is 0 Å². The molecule has 1 saturated heterocycles. The minimum Gasteiger partial charge on any atom is -0.368 e. The van der Waals surface area contributed by atoms with Crippen molar-refractivity contribution in [1.82, 2.24) is 9.80 Å². The fraction of sp³-hybridized carbons (Fsp3) is 0.929. The van der Waals surface area contributed by atoms with Gasteiger partial charge in [0.2, 0.25) is 0 Å². The zero-order chi connectivity index (χ0) is 14.2. The highest BCUT2D eigenvalue weighted by Gasteiger charge is 2.52. The molecular formula is C14H30N2O2. The third-order valence-electron chi connectivity index (χ3n) is 3.28. The first-order chi connectivity index (χ1) is 8.68. The summed E-state index contributed by atoms with van der Waals surface area (Å²) >= 11 is 0. The molecule has 18 heavy (non-hydrogen) atoms. The minimum atomic E-state index is -0.435. The molecule has 2 rings (SSSR count). The van der Waals surface area contributed by atoms with Gasteiger partial charge in [-0.3, -0.25) is 4.79 Å². The van der Waals surface area contributed by atoms with Crippen LogP contribution < -0.4 is 0 Å². The number of piperazine rings is 1. The lowest BCUT2D eigenvalue weighted by molar-refractivity contribution is -0.146. The molecule has 108 valence electrons. The highest BCUT2D eigenvalue weighted by molar-refractivity contribution is 5.88. The largest absolute Gasteiger partial charge is 0.368 e. The van der Waals surface area contributed by atoms with Crippen LogP contribution in [0, 0.1) is 0 Å². The van der Waals surface area contributed by atoms with Crippen molar-refractivity contribution < 1.29 is 9.53 Å². The molecule has 0 unspecified atom stereocenters. The van der Waals surface area contributed by atoms with Crippen LogP contribution in [0.5, 0.6) is 0 Å². The van der Waals surface area contributed by atoms with E-state index in [1.807, 2.05) is 32.6 Å². The monoisotopic (exact) mass is 258 g/mol. The van der Waals surface area contributed by atoms with Crippen molar-refractivity contribution >= 4 is 5.91 Å². The third kappa shape index (κ3) is 4.25. The van der Waals surface area contributed by atoms with Gasteiger partial charge in [0.15, 0.2) is 0 Å². The van der Waals surface area contributed by atoms with E-state index in [1.165, 1.54) is 0 Å². The molecule has 0 bridgehead atoms. The summed E-state index contributed by atoms with van der Waals surface area (Å²) in [6.07, 6.45) is 1.79. The van der Waals surface area contributed by atoms with Crippen LogP contribution >= 0.6 is 0 Å². The van der Waals surface area contributed by atoms with Gasteiger partial charge in [-0.25, -0.2) is 0 Å². The number of methoxy groups -OCH3 is 1. The topological polar surface area (TPSA) is 32.8 Å². The number of hydrogen-bond acceptors (Lipinski definition) is 3. The van der Waals surface area contributed by atoms with E-state index in [0.717, 1.165) is 39.0 Å². The predicted molar refractivity (Wildman–Crippen MR) is 75.7 cm³/mol. The Morgan fingerprint density at radius 1 is 1.00 bits per heavy atom. The standard InChI is InChI=1S/C10H18N2O2.2C2H6/c1-11-5-7-12(8-6-11)9(13)10(14-2)3-4-10;2*1-2/h3-8H2,1-2H3;2*1-2H3. The van der Waals surface area contributed by atoms with Crippen molar-refractivity contribution in [3.8, 4) is 0 Å². The molecule has 2 fully saturated rings. The molecule has 1 amide bonds. The molecule has 0 spiro atoms. The smallest absolute Gasteiger partial charge is 0.254 e. The van der Waals surface area contributed by atoms with Gasteiger partial charge in [-0.15, -0.1) is 0 Å². The maximum atomic E-state index is 12.0. The number of hydrogen-bond donors (Lipinski definition) is 0. The zero-order valence-corrected chi connectivity index (χ0v) is 13.0. The van der Waals surface area contributed by atoms with Gasteiger partial charge >= 0.3 is 0 Å². The lowest BCUT2D eigenvalue weighted by Crippen LogP contribution is -2.51. The molecule has 4 heteroatoms. The van der Waals surface area contributed by atoms with Crippen LogP contribution in [0.1, 0.15) is 40.5 Å². The van der Waals surface area contributed by atoms with Gasteiger partial charge in [0.05, 0.1) is 0 Å².